The van der Waals surface area contributed by atoms with Crippen LogP contribution in [0.5, 0.6) is 0 Å². The average Bonchev–Trinajstić information content (AvgIpc) is 2.34. The van der Waals surface area contributed by atoms with Crippen molar-refractivity contribution in [3.05, 3.63) is 0 Å². The summed E-state index contributed by atoms with van der Waals surface area (Å²) >= 11 is 0. The van der Waals surface area contributed by atoms with Crippen LogP contribution in [0.4, 0.5) is 0 Å². The summed E-state index contributed by atoms with van der Waals surface area (Å²) in [6.07, 6.45) is 2.79. The summed E-state index contributed by atoms with van der Waals surface area (Å²) in [7, 11) is 0. The molecule has 2 atom stereocenters. The summed E-state index contributed by atoms with van der Waals surface area (Å²) in [5.41, 5.74) is 0. The second-order valence-electron chi connectivity index (χ2n) is 4.83. The standard InChI is InChI=1S/C12H20N2O3/c1-2-10-12(16)14(7-11(15)13-10)6-9-4-3-5-17-8-9/h9-10H,2-8H2,1H3,(H,13,15). The highest BCUT2D eigenvalue weighted by Gasteiger charge is 2.32. The number of carbonyl (C=O) groups is 2. The van der Waals surface area contributed by atoms with Crippen LogP contribution in [0.15, 0.2) is 0 Å². The van der Waals surface area contributed by atoms with Crippen molar-refractivity contribution in [3.63, 3.8) is 0 Å². The van der Waals surface area contributed by atoms with Crippen molar-refractivity contribution in [2.75, 3.05) is 26.3 Å². The minimum Gasteiger partial charge on any atom is -0.381 e. The number of nitrogens with one attached hydrogen (secondary N) is 1. The third-order valence-corrected chi connectivity index (χ3v) is 3.42. The third-order valence-electron chi connectivity index (χ3n) is 3.42. The van der Waals surface area contributed by atoms with Gasteiger partial charge in [0.05, 0.1) is 13.2 Å². The maximum atomic E-state index is 12.0. The normalized spacial score (nSPS) is 30.3. The lowest BCUT2D eigenvalue weighted by atomic mass is 10.0. The van der Waals surface area contributed by atoms with Gasteiger partial charge in [0.25, 0.3) is 0 Å². The Balaban J connectivity index is 1.93. The van der Waals surface area contributed by atoms with Crippen molar-refractivity contribution in [3.8, 4) is 0 Å². The van der Waals surface area contributed by atoms with Gasteiger partial charge in [0.2, 0.25) is 11.8 Å². The molecule has 2 unspecified atom stereocenters. The molecule has 96 valence electrons. The molecular formula is C12H20N2O3. The minimum absolute atomic E-state index is 0.0480. The first-order valence-electron chi connectivity index (χ1n) is 6.36. The Bertz CT molecular complexity index is 300. The zero-order valence-electron chi connectivity index (χ0n) is 10.3. The van der Waals surface area contributed by atoms with Crippen LogP contribution in [0, 0.1) is 5.92 Å². The molecule has 0 radical (unpaired) electrons. The Kier molecular flexibility index (Phi) is 3.99. The number of ether oxygens (including phenoxy) is 1. The van der Waals surface area contributed by atoms with E-state index in [1.54, 1.807) is 4.90 Å². The number of hydrogen-bond acceptors (Lipinski definition) is 3. The van der Waals surface area contributed by atoms with Crippen LogP contribution in [0.2, 0.25) is 0 Å². The Labute approximate surface area is 101 Å². The van der Waals surface area contributed by atoms with E-state index in [2.05, 4.69) is 5.32 Å². The summed E-state index contributed by atoms with van der Waals surface area (Å²) in [5.74, 6) is 0.391. The molecule has 2 fully saturated rings. The first-order valence-corrected chi connectivity index (χ1v) is 6.36. The van der Waals surface area contributed by atoms with Gasteiger partial charge in [-0.1, -0.05) is 6.92 Å². The van der Waals surface area contributed by atoms with E-state index in [-0.39, 0.29) is 24.4 Å². The van der Waals surface area contributed by atoms with Crippen molar-refractivity contribution in [1.82, 2.24) is 10.2 Å². The van der Waals surface area contributed by atoms with E-state index in [9.17, 15) is 9.59 Å². The molecule has 2 aliphatic heterocycles. The monoisotopic (exact) mass is 240 g/mol. The Morgan fingerprint density at radius 1 is 1.47 bits per heavy atom. The van der Waals surface area contributed by atoms with E-state index >= 15 is 0 Å². The minimum atomic E-state index is -0.333. The molecule has 0 aromatic carbocycles. The van der Waals surface area contributed by atoms with E-state index in [0.29, 0.717) is 25.5 Å². The van der Waals surface area contributed by atoms with Crippen molar-refractivity contribution < 1.29 is 14.3 Å². The highest BCUT2D eigenvalue weighted by atomic mass is 16.5. The lowest BCUT2D eigenvalue weighted by Crippen LogP contribution is -2.58. The molecule has 0 aromatic heterocycles. The molecule has 2 rings (SSSR count). The number of piperazine rings is 1. The fraction of sp³-hybridized carbons (Fsp3) is 0.833. The van der Waals surface area contributed by atoms with Gasteiger partial charge in [0.1, 0.15) is 6.04 Å². The van der Waals surface area contributed by atoms with Gasteiger partial charge in [-0.2, -0.15) is 0 Å². The SMILES string of the molecule is CCC1NC(=O)CN(CC2CCCOC2)C1=O. The number of nitrogens with zero attached hydrogens (tertiary/aromatic N) is 1. The Hall–Kier alpha value is -1.10. The highest BCUT2D eigenvalue weighted by Crippen LogP contribution is 2.16. The number of hydrogen-bond donors (Lipinski definition) is 1. The summed E-state index contributed by atoms with van der Waals surface area (Å²) in [5, 5.41) is 2.72. The van der Waals surface area contributed by atoms with E-state index in [1.165, 1.54) is 0 Å². The molecule has 1 N–H and O–H groups in total. The smallest absolute Gasteiger partial charge is 0.245 e. The van der Waals surface area contributed by atoms with Crippen LogP contribution in [0.1, 0.15) is 26.2 Å². The quantitative estimate of drug-likeness (QED) is 0.764. The van der Waals surface area contributed by atoms with Crippen LogP contribution in [0.25, 0.3) is 0 Å². The predicted molar refractivity (Wildman–Crippen MR) is 62.3 cm³/mol. The second-order valence-corrected chi connectivity index (χ2v) is 4.83. The molecule has 2 heterocycles. The lowest BCUT2D eigenvalue weighted by molar-refractivity contribution is -0.145. The summed E-state index contributed by atoms with van der Waals surface area (Å²) in [4.78, 5) is 25.2. The fourth-order valence-corrected chi connectivity index (χ4v) is 2.47. The van der Waals surface area contributed by atoms with E-state index in [0.717, 1.165) is 19.4 Å². The van der Waals surface area contributed by atoms with Gasteiger partial charge in [0.15, 0.2) is 0 Å². The maximum absolute atomic E-state index is 12.0. The van der Waals surface area contributed by atoms with Gasteiger partial charge in [-0.25, -0.2) is 0 Å². The summed E-state index contributed by atoms with van der Waals surface area (Å²) < 4.78 is 5.40. The first-order chi connectivity index (χ1) is 8.20. The topological polar surface area (TPSA) is 58.6 Å². The molecule has 2 saturated heterocycles. The largest absolute Gasteiger partial charge is 0.381 e. The van der Waals surface area contributed by atoms with E-state index in [1.807, 2.05) is 6.92 Å². The molecule has 0 saturated carbocycles. The van der Waals surface area contributed by atoms with Gasteiger partial charge >= 0.3 is 0 Å². The highest BCUT2D eigenvalue weighted by molar-refractivity contribution is 5.94. The van der Waals surface area contributed by atoms with Crippen LogP contribution >= 0.6 is 0 Å². The molecule has 2 amide bonds. The maximum Gasteiger partial charge on any atom is 0.245 e. The Morgan fingerprint density at radius 3 is 2.94 bits per heavy atom. The number of carbonyl (C=O) groups excluding carboxylic acids is 2. The number of rotatable bonds is 3. The number of amides is 2. The van der Waals surface area contributed by atoms with E-state index in [4.69, 9.17) is 4.74 Å². The summed E-state index contributed by atoms with van der Waals surface area (Å²) in [6, 6.07) is -0.333. The van der Waals surface area contributed by atoms with Crippen LogP contribution in [0.3, 0.4) is 0 Å². The van der Waals surface area contributed by atoms with Gasteiger partial charge in [-0.3, -0.25) is 9.59 Å². The van der Waals surface area contributed by atoms with Gasteiger partial charge in [-0.15, -0.1) is 0 Å². The van der Waals surface area contributed by atoms with Gasteiger partial charge < -0.3 is 15.0 Å². The van der Waals surface area contributed by atoms with Crippen LogP contribution < -0.4 is 5.32 Å². The molecule has 17 heavy (non-hydrogen) atoms. The zero-order valence-corrected chi connectivity index (χ0v) is 10.3. The molecule has 0 aromatic rings. The molecule has 2 aliphatic rings. The van der Waals surface area contributed by atoms with Crippen molar-refractivity contribution in [2.45, 2.75) is 32.2 Å². The van der Waals surface area contributed by atoms with Crippen LogP contribution in [-0.2, 0) is 14.3 Å². The zero-order chi connectivity index (χ0) is 12.3. The molecule has 0 aliphatic carbocycles. The van der Waals surface area contributed by atoms with Crippen LogP contribution in [-0.4, -0.2) is 49.1 Å². The molecule has 0 spiro atoms. The second kappa shape index (κ2) is 5.49. The van der Waals surface area contributed by atoms with Crippen molar-refractivity contribution >= 4 is 11.8 Å². The van der Waals surface area contributed by atoms with Crippen molar-refractivity contribution in [1.29, 1.82) is 0 Å². The lowest BCUT2D eigenvalue weighted by Gasteiger charge is -2.35. The third kappa shape index (κ3) is 2.97. The van der Waals surface area contributed by atoms with Crippen molar-refractivity contribution in [2.24, 2.45) is 5.92 Å². The molecule has 5 heteroatoms. The summed E-state index contributed by atoms with van der Waals surface area (Å²) in [6.45, 7) is 4.30. The fourth-order valence-electron chi connectivity index (χ4n) is 2.47. The molecular weight excluding hydrogens is 220 g/mol. The molecule has 5 nitrogen and oxygen atoms in total. The predicted octanol–water partition coefficient (Wildman–Crippen LogP) is 0.150. The van der Waals surface area contributed by atoms with Gasteiger partial charge in [0, 0.05) is 13.2 Å². The van der Waals surface area contributed by atoms with E-state index < -0.39 is 0 Å². The molecule has 0 bridgehead atoms. The average molecular weight is 240 g/mol. The Morgan fingerprint density at radius 2 is 2.29 bits per heavy atom. The first kappa shape index (κ1) is 12.4. The van der Waals surface area contributed by atoms with Gasteiger partial charge in [-0.05, 0) is 25.2 Å².